The summed E-state index contributed by atoms with van der Waals surface area (Å²) in [5.41, 5.74) is 1.87. The Bertz CT molecular complexity index is 500. The van der Waals surface area contributed by atoms with Crippen molar-refractivity contribution in [3.05, 3.63) is 30.0 Å². The Hall–Kier alpha value is -1.48. The zero-order valence-electron chi connectivity index (χ0n) is 9.07. The summed E-state index contributed by atoms with van der Waals surface area (Å²) in [7, 11) is 0. The summed E-state index contributed by atoms with van der Waals surface area (Å²) in [5.74, 6) is 1.68. The van der Waals surface area contributed by atoms with Crippen molar-refractivity contribution in [2.75, 3.05) is 6.61 Å². The Kier molecular flexibility index (Phi) is 2.33. The fourth-order valence-corrected chi connectivity index (χ4v) is 1.84. The number of aliphatic hydroxyl groups is 1. The van der Waals surface area contributed by atoms with E-state index in [1.54, 1.807) is 0 Å². The summed E-state index contributed by atoms with van der Waals surface area (Å²) < 4.78 is 5.70. The van der Waals surface area contributed by atoms with Gasteiger partial charge in [-0.1, -0.05) is 0 Å². The number of nitrogens with one attached hydrogen (secondary N) is 1. The second-order valence-electron chi connectivity index (χ2n) is 4.46. The van der Waals surface area contributed by atoms with Gasteiger partial charge < -0.3 is 14.8 Å². The fraction of sp³-hybridized carbons (Fsp3) is 0.385. The number of hydrogen-bond donors (Lipinski definition) is 2. The largest absolute Gasteiger partial charge is 0.493 e. The van der Waals surface area contributed by atoms with Crippen LogP contribution in [-0.4, -0.2) is 16.7 Å². The number of fused-ring (bicyclic) bond motifs is 1. The predicted molar refractivity (Wildman–Crippen MR) is 62.4 cm³/mol. The molecular weight excluding hydrogens is 202 g/mol. The molecule has 0 spiro atoms. The van der Waals surface area contributed by atoms with Crippen LogP contribution in [0.5, 0.6) is 5.75 Å². The lowest BCUT2D eigenvalue weighted by atomic mass is 10.2. The number of H-pyrrole nitrogens is 1. The number of ether oxygens (including phenoxy) is 1. The van der Waals surface area contributed by atoms with Gasteiger partial charge in [-0.15, -0.1) is 0 Å². The first-order valence-electron chi connectivity index (χ1n) is 5.70. The van der Waals surface area contributed by atoms with Crippen molar-refractivity contribution < 1.29 is 9.84 Å². The van der Waals surface area contributed by atoms with Crippen LogP contribution < -0.4 is 4.74 Å². The van der Waals surface area contributed by atoms with Gasteiger partial charge in [-0.2, -0.15) is 0 Å². The van der Waals surface area contributed by atoms with E-state index >= 15 is 0 Å². The minimum Gasteiger partial charge on any atom is -0.493 e. The normalized spacial score (nSPS) is 15.6. The van der Waals surface area contributed by atoms with Crippen molar-refractivity contribution in [1.82, 2.24) is 4.98 Å². The molecule has 0 unspecified atom stereocenters. The minimum atomic E-state index is 0.0486. The lowest BCUT2D eigenvalue weighted by Gasteiger charge is -2.04. The molecule has 1 saturated carbocycles. The molecule has 2 aromatic rings. The summed E-state index contributed by atoms with van der Waals surface area (Å²) >= 11 is 0. The smallest absolute Gasteiger partial charge is 0.121 e. The van der Waals surface area contributed by atoms with E-state index < -0.39 is 0 Å². The van der Waals surface area contributed by atoms with Crippen LogP contribution in [0, 0.1) is 5.92 Å². The van der Waals surface area contributed by atoms with Gasteiger partial charge in [0.1, 0.15) is 5.75 Å². The molecule has 84 valence electrons. The molecular formula is C13H15NO2. The lowest BCUT2D eigenvalue weighted by Crippen LogP contribution is -1.98. The Labute approximate surface area is 94.0 Å². The van der Waals surface area contributed by atoms with Crippen molar-refractivity contribution in [1.29, 1.82) is 0 Å². The molecule has 1 heterocycles. The standard InChI is InChI=1S/C13H15NO2/c15-7-11-5-10-3-4-12(6-13(10)14-11)16-8-9-1-2-9/h3-6,9,14-15H,1-2,7-8H2. The summed E-state index contributed by atoms with van der Waals surface area (Å²) in [5, 5.41) is 10.1. The molecule has 16 heavy (non-hydrogen) atoms. The maximum atomic E-state index is 9.03. The second-order valence-corrected chi connectivity index (χ2v) is 4.46. The molecule has 1 aliphatic carbocycles. The number of rotatable bonds is 4. The number of aromatic nitrogens is 1. The van der Waals surface area contributed by atoms with Crippen LogP contribution in [0.25, 0.3) is 10.9 Å². The highest BCUT2D eigenvalue weighted by molar-refractivity contribution is 5.81. The molecule has 0 atom stereocenters. The second kappa shape index (κ2) is 3.83. The van der Waals surface area contributed by atoms with Crippen LogP contribution in [-0.2, 0) is 6.61 Å². The molecule has 0 saturated heterocycles. The number of aromatic amines is 1. The Morgan fingerprint density at radius 3 is 2.94 bits per heavy atom. The van der Waals surface area contributed by atoms with Crippen LogP contribution in [0.2, 0.25) is 0 Å². The van der Waals surface area contributed by atoms with Gasteiger partial charge in [0.2, 0.25) is 0 Å². The van der Waals surface area contributed by atoms with Crippen LogP contribution in [0.3, 0.4) is 0 Å². The van der Waals surface area contributed by atoms with Gasteiger partial charge in [0.05, 0.1) is 13.2 Å². The fourth-order valence-electron chi connectivity index (χ4n) is 1.84. The molecule has 0 bridgehead atoms. The Balaban J connectivity index is 1.82. The average molecular weight is 217 g/mol. The van der Waals surface area contributed by atoms with Gasteiger partial charge in [-0.25, -0.2) is 0 Å². The van der Waals surface area contributed by atoms with Gasteiger partial charge in [-0.3, -0.25) is 0 Å². The summed E-state index contributed by atoms with van der Waals surface area (Å²) in [6.45, 7) is 0.881. The summed E-state index contributed by atoms with van der Waals surface area (Å²) in [6.07, 6.45) is 2.61. The van der Waals surface area contributed by atoms with Crippen LogP contribution >= 0.6 is 0 Å². The van der Waals surface area contributed by atoms with Gasteiger partial charge in [-0.05, 0) is 37.0 Å². The highest BCUT2D eigenvalue weighted by Crippen LogP contribution is 2.30. The monoisotopic (exact) mass is 217 g/mol. The van der Waals surface area contributed by atoms with Crippen molar-refractivity contribution in [2.24, 2.45) is 5.92 Å². The van der Waals surface area contributed by atoms with E-state index in [9.17, 15) is 0 Å². The van der Waals surface area contributed by atoms with E-state index in [0.717, 1.165) is 34.9 Å². The first-order valence-corrected chi connectivity index (χ1v) is 5.70. The maximum absolute atomic E-state index is 9.03. The molecule has 1 aromatic carbocycles. The van der Waals surface area contributed by atoms with E-state index in [-0.39, 0.29) is 6.61 Å². The zero-order chi connectivity index (χ0) is 11.0. The number of hydrogen-bond acceptors (Lipinski definition) is 2. The van der Waals surface area contributed by atoms with Crippen LogP contribution in [0.15, 0.2) is 24.3 Å². The predicted octanol–water partition coefficient (Wildman–Crippen LogP) is 2.45. The third-order valence-corrected chi connectivity index (χ3v) is 3.00. The minimum absolute atomic E-state index is 0.0486. The van der Waals surface area contributed by atoms with Crippen molar-refractivity contribution in [2.45, 2.75) is 19.4 Å². The van der Waals surface area contributed by atoms with Crippen LogP contribution in [0.1, 0.15) is 18.5 Å². The van der Waals surface area contributed by atoms with Gasteiger partial charge in [0, 0.05) is 22.7 Å². The molecule has 3 nitrogen and oxygen atoms in total. The van der Waals surface area contributed by atoms with Gasteiger partial charge in [0.15, 0.2) is 0 Å². The van der Waals surface area contributed by atoms with Crippen molar-refractivity contribution in [3.8, 4) is 5.75 Å². The number of benzene rings is 1. The van der Waals surface area contributed by atoms with Crippen molar-refractivity contribution in [3.63, 3.8) is 0 Å². The third kappa shape index (κ3) is 1.91. The van der Waals surface area contributed by atoms with Crippen molar-refractivity contribution >= 4 is 10.9 Å². The maximum Gasteiger partial charge on any atom is 0.121 e. The molecule has 3 rings (SSSR count). The van der Waals surface area contributed by atoms with E-state index in [2.05, 4.69) is 4.98 Å². The average Bonchev–Trinajstić information content (AvgIpc) is 3.04. The van der Waals surface area contributed by atoms with E-state index in [1.165, 1.54) is 12.8 Å². The molecule has 2 N–H and O–H groups in total. The Morgan fingerprint density at radius 1 is 1.31 bits per heavy atom. The first-order chi connectivity index (χ1) is 7.85. The number of aliphatic hydroxyl groups excluding tert-OH is 1. The highest BCUT2D eigenvalue weighted by Gasteiger charge is 2.21. The molecule has 1 aromatic heterocycles. The lowest BCUT2D eigenvalue weighted by molar-refractivity contribution is 0.278. The van der Waals surface area contributed by atoms with E-state index in [1.807, 2.05) is 24.3 Å². The molecule has 1 fully saturated rings. The molecule has 3 heteroatoms. The highest BCUT2D eigenvalue weighted by atomic mass is 16.5. The SMILES string of the molecule is OCc1cc2ccc(OCC3CC3)cc2[nH]1. The molecule has 1 aliphatic rings. The topological polar surface area (TPSA) is 45.2 Å². The molecule has 0 aliphatic heterocycles. The third-order valence-electron chi connectivity index (χ3n) is 3.00. The van der Waals surface area contributed by atoms with Gasteiger partial charge >= 0.3 is 0 Å². The van der Waals surface area contributed by atoms with Gasteiger partial charge in [0.25, 0.3) is 0 Å². The first kappa shape index (κ1) is 9.73. The van der Waals surface area contributed by atoms with E-state index in [4.69, 9.17) is 9.84 Å². The summed E-state index contributed by atoms with van der Waals surface area (Å²) in [4.78, 5) is 3.16. The molecule has 0 amide bonds. The quantitative estimate of drug-likeness (QED) is 0.826. The summed E-state index contributed by atoms with van der Waals surface area (Å²) in [6, 6.07) is 7.96. The van der Waals surface area contributed by atoms with E-state index in [0.29, 0.717) is 0 Å². The Morgan fingerprint density at radius 2 is 2.19 bits per heavy atom. The molecule has 0 radical (unpaired) electrons. The zero-order valence-corrected chi connectivity index (χ0v) is 9.07. The van der Waals surface area contributed by atoms with Crippen LogP contribution in [0.4, 0.5) is 0 Å².